The first-order chi connectivity index (χ1) is 10.6. The fourth-order valence-corrected chi connectivity index (χ4v) is 2.55. The number of ether oxygens (including phenoxy) is 1. The van der Waals surface area contributed by atoms with Gasteiger partial charge in [0.05, 0.1) is 12.8 Å². The van der Waals surface area contributed by atoms with Gasteiger partial charge in [-0.3, -0.25) is 9.59 Å². The number of carbonyl (C=O) groups excluding carboxylic acids is 2. The number of nitrogens with zero attached hydrogens (tertiary/aromatic N) is 1. The number of carbonyl (C=O) groups is 2. The van der Waals surface area contributed by atoms with Crippen LogP contribution in [0, 0.1) is 5.92 Å². The molecule has 1 aliphatic rings. The first-order valence-electron chi connectivity index (χ1n) is 7.50. The molecule has 0 aliphatic carbocycles. The zero-order valence-corrected chi connectivity index (χ0v) is 14.5. The van der Waals surface area contributed by atoms with Gasteiger partial charge in [-0.2, -0.15) is 0 Å². The maximum atomic E-state index is 12.0. The molecule has 7 heteroatoms. The Bertz CT molecular complexity index is 566. The van der Waals surface area contributed by atoms with Crippen molar-refractivity contribution in [1.29, 1.82) is 0 Å². The van der Waals surface area contributed by atoms with E-state index in [2.05, 4.69) is 10.6 Å². The van der Waals surface area contributed by atoms with Crippen LogP contribution in [0.2, 0.25) is 0 Å². The molecule has 1 unspecified atom stereocenters. The third-order valence-corrected chi connectivity index (χ3v) is 3.77. The summed E-state index contributed by atoms with van der Waals surface area (Å²) in [6.45, 7) is 3.18. The first-order valence-corrected chi connectivity index (χ1v) is 7.50. The number of methoxy groups -OCH3 is 1. The quantitative estimate of drug-likeness (QED) is 0.830. The Labute approximate surface area is 143 Å². The van der Waals surface area contributed by atoms with Gasteiger partial charge in [-0.1, -0.05) is 6.92 Å². The van der Waals surface area contributed by atoms with E-state index >= 15 is 0 Å². The van der Waals surface area contributed by atoms with Gasteiger partial charge in [0, 0.05) is 37.2 Å². The lowest BCUT2D eigenvalue weighted by Gasteiger charge is -2.20. The summed E-state index contributed by atoms with van der Waals surface area (Å²) in [5.41, 5.74) is 1.42. The number of hydrogen-bond donors (Lipinski definition) is 2. The lowest BCUT2D eigenvalue weighted by molar-refractivity contribution is -0.119. The van der Waals surface area contributed by atoms with Crippen LogP contribution in [-0.4, -0.2) is 39.1 Å². The van der Waals surface area contributed by atoms with Crippen LogP contribution >= 0.6 is 12.4 Å². The predicted octanol–water partition coefficient (Wildman–Crippen LogP) is 2.04. The average molecular weight is 342 g/mol. The second kappa shape index (κ2) is 8.74. The van der Waals surface area contributed by atoms with E-state index in [4.69, 9.17) is 4.74 Å². The van der Waals surface area contributed by atoms with E-state index in [1.54, 1.807) is 24.1 Å². The molecule has 0 bridgehead atoms. The summed E-state index contributed by atoms with van der Waals surface area (Å²) in [6.07, 6.45) is 1.44. The lowest BCUT2D eigenvalue weighted by atomic mass is 10.1. The van der Waals surface area contributed by atoms with Gasteiger partial charge in [0.15, 0.2) is 0 Å². The highest BCUT2D eigenvalue weighted by Crippen LogP contribution is 2.33. The Morgan fingerprint density at radius 3 is 2.74 bits per heavy atom. The van der Waals surface area contributed by atoms with Crippen molar-refractivity contribution < 1.29 is 14.3 Å². The number of amides is 2. The summed E-state index contributed by atoms with van der Waals surface area (Å²) < 4.78 is 5.38. The number of benzene rings is 1. The Hall–Kier alpha value is -1.79. The molecule has 1 aromatic carbocycles. The van der Waals surface area contributed by atoms with Crippen molar-refractivity contribution in [3.8, 4) is 5.75 Å². The van der Waals surface area contributed by atoms with Crippen LogP contribution in [0.4, 0.5) is 11.4 Å². The van der Waals surface area contributed by atoms with Crippen molar-refractivity contribution in [3.05, 3.63) is 18.2 Å². The van der Waals surface area contributed by atoms with E-state index < -0.39 is 0 Å². The molecule has 128 valence electrons. The number of nitrogens with one attached hydrogen (secondary N) is 2. The first kappa shape index (κ1) is 19.3. The molecule has 6 nitrogen and oxygen atoms in total. The summed E-state index contributed by atoms with van der Waals surface area (Å²) in [5.74, 6) is 0.518. The predicted molar refractivity (Wildman–Crippen MR) is 93.5 cm³/mol. The van der Waals surface area contributed by atoms with Crippen LogP contribution in [-0.2, 0) is 9.59 Å². The number of hydrogen-bond acceptors (Lipinski definition) is 4. The van der Waals surface area contributed by atoms with Gasteiger partial charge >= 0.3 is 0 Å². The third kappa shape index (κ3) is 4.59. The normalized spacial score (nSPS) is 15.1. The molecule has 2 N–H and O–H groups in total. The fourth-order valence-electron chi connectivity index (χ4n) is 2.55. The van der Waals surface area contributed by atoms with E-state index in [1.165, 1.54) is 0 Å². The summed E-state index contributed by atoms with van der Waals surface area (Å²) in [4.78, 5) is 25.6. The molecule has 1 fully saturated rings. The minimum Gasteiger partial charge on any atom is -0.494 e. The Balaban J connectivity index is 0.00000264. The van der Waals surface area contributed by atoms with Crippen molar-refractivity contribution in [2.24, 2.45) is 5.92 Å². The van der Waals surface area contributed by atoms with E-state index in [-0.39, 0.29) is 30.1 Å². The molecule has 0 aromatic heterocycles. The topological polar surface area (TPSA) is 70.7 Å². The molecule has 1 aliphatic heterocycles. The highest BCUT2D eigenvalue weighted by atomic mass is 35.5. The Kier molecular flexibility index (Phi) is 7.32. The van der Waals surface area contributed by atoms with Crippen LogP contribution < -0.4 is 20.3 Å². The highest BCUT2D eigenvalue weighted by molar-refractivity contribution is 5.98. The minimum atomic E-state index is -0.129. The summed E-state index contributed by atoms with van der Waals surface area (Å²) >= 11 is 0. The van der Waals surface area contributed by atoms with Crippen molar-refractivity contribution in [2.45, 2.75) is 19.8 Å². The number of halogens is 1. The smallest absolute Gasteiger partial charge is 0.228 e. The molecule has 2 amide bonds. The summed E-state index contributed by atoms with van der Waals surface area (Å²) in [7, 11) is 3.38. The van der Waals surface area contributed by atoms with Gasteiger partial charge in [0.2, 0.25) is 11.8 Å². The van der Waals surface area contributed by atoms with Gasteiger partial charge in [0.25, 0.3) is 0 Å². The van der Waals surface area contributed by atoms with E-state index in [0.717, 1.165) is 12.1 Å². The second-order valence-electron chi connectivity index (χ2n) is 5.48. The lowest BCUT2D eigenvalue weighted by Crippen LogP contribution is -2.28. The zero-order chi connectivity index (χ0) is 16.1. The Morgan fingerprint density at radius 2 is 2.17 bits per heavy atom. The molecule has 1 heterocycles. The van der Waals surface area contributed by atoms with Crippen LogP contribution in [0.3, 0.4) is 0 Å². The van der Waals surface area contributed by atoms with Crippen molar-refractivity contribution in [2.75, 3.05) is 37.5 Å². The van der Waals surface area contributed by atoms with Crippen molar-refractivity contribution in [1.82, 2.24) is 5.32 Å². The minimum absolute atomic E-state index is 0. The van der Waals surface area contributed by atoms with Crippen LogP contribution in [0.25, 0.3) is 0 Å². The van der Waals surface area contributed by atoms with Gasteiger partial charge in [-0.05, 0) is 25.6 Å². The molecular formula is C16H24ClN3O3. The van der Waals surface area contributed by atoms with Crippen molar-refractivity contribution >= 4 is 35.6 Å². The number of rotatable bonds is 6. The summed E-state index contributed by atoms with van der Waals surface area (Å²) in [6, 6.07) is 5.37. The zero-order valence-electron chi connectivity index (χ0n) is 13.7. The number of anilines is 2. The fraction of sp³-hybridized carbons (Fsp3) is 0.500. The van der Waals surface area contributed by atoms with E-state index in [0.29, 0.717) is 30.9 Å². The monoisotopic (exact) mass is 341 g/mol. The maximum absolute atomic E-state index is 12.0. The summed E-state index contributed by atoms with van der Waals surface area (Å²) in [5, 5.41) is 5.85. The van der Waals surface area contributed by atoms with Gasteiger partial charge in [-0.15, -0.1) is 12.4 Å². The van der Waals surface area contributed by atoms with Crippen LogP contribution in [0.5, 0.6) is 5.75 Å². The second-order valence-corrected chi connectivity index (χ2v) is 5.48. The van der Waals surface area contributed by atoms with Gasteiger partial charge < -0.3 is 20.3 Å². The SMILES string of the molecule is CNCC(C)C(=O)Nc1ccc(N2CCCC2=O)c(OC)c1.Cl. The molecular weight excluding hydrogens is 318 g/mol. The van der Waals surface area contributed by atoms with Crippen LogP contribution in [0.1, 0.15) is 19.8 Å². The van der Waals surface area contributed by atoms with Crippen LogP contribution in [0.15, 0.2) is 18.2 Å². The Morgan fingerprint density at radius 1 is 1.43 bits per heavy atom. The highest BCUT2D eigenvalue weighted by Gasteiger charge is 2.24. The van der Waals surface area contributed by atoms with Crippen molar-refractivity contribution in [3.63, 3.8) is 0 Å². The molecule has 1 aromatic rings. The molecule has 0 saturated carbocycles. The molecule has 2 rings (SSSR count). The molecule has 0 spiro atoms. The standard InChI is InChI=1S/C16H23N3O3.ClH/c1-11(10-17-2)16(21)18-12-6-7-13(14(9-12)22-3)19-8-4-5-15(19)20;/h6-7,9,11,17H,4-5,8,10H2,1-3H3,(H,18,21);1H. The van der Waals surface area contributed by atoms with Gasteiger partial charge in [0.1, 0.15) is 5.75 Å². The van der Waals surface area contributed by atoms with E-state index in [9.17, 15) is 9.59 Å². The molecule has 1 saturated heterocycles. The third-order valence-electron chi connectivity index (χ3n) is 3.77. The molecule has 0 radical (unpaired) electrons. The maximum Gasteiger partial charge on any atom is 0.228 e. The average Bonchev–Trinajstić information content (AvgIpc) is 2.93. The van der Waals surface area contributed by atoms with Gasteiger partial charge in [-0.25, -0.2) is 0 Å². The van der Waals surface area contributed by atoms with E-state index in [1.807, 2.05) is 20.0 Å². The molecule has 1 atom stereocenters. The largest absolute Gasteiger partial charge is 0.494 e. The molecule has 23 heavy (non-hydrogen) atoms.